The second-order valence-electron chi connectivity index (χ2n) is 4.87. The van der Waals surface area contributed by atoms with E-state index in [4.69, 9.17) is 14.6 Å². The predicted octanol–water partition coefficient (Wildman–Crippen LogP) is 2.70. The van der Waals surface area contributed by atoms with Crippen molar-refractivity contribution >= 4 is 5.91 Å². The summed E-state index contributed by atoms with van der Waals surface area (Å²) in [4.78, 5) is 13.5. The summed E-state index contributed by atoms with van der Waals surface area (Å²) in [5, 5.41) is 8.90. The van der Waals surface area contributed by atoms with E-state index in [1.165, 1.54) is 0 Å². The van der Waals surface area contributed by atoms with Gasteiger partial charge in [0.2, 0.25) is 0 Å². The van der Waals surface area contributed by atoms with Gasteiger partial charge in [0.25, 0.3) is 5.91 Å². The molecule has 0 unspecified atom stereocenters. The van der Waals surface area contributed by atoms with Gasteiger partial charge in [-0.15, -0.1) is 0 Å². The van der Waals surface area contributed by atoms with Crippen LogP contribution in [-0.2, 0) is 4.79 Å². The van der Waals surface area contributed by atoms with E-state index in [2.05, 4.69) is 0 Å². The first-order chi connectivity index (χ1) is 11.2. The molecule has 0 saturated heterocycles. The van der Waals surface area contributed by atoms with Gasteiger partial charge in [-0.2, -0.15) is 0 Å². The Morgan fingerprint density at radius 2 is 1.61 bits per heavy atom. The smallest absolute Gasteiger partial charge is 0.260 e. The molecule has 0 heterocycles. The Morgan fingerprint density at radius 1 is 1.00 bits per heavy atom. The predicted molar refractivity (Wildman–Crippen MR) is 87.8 cm³/mol. The summed E-state index contributed by atoms with van der Waals surface area (Å²) < 4.78 is 11.2. The van der Waals surface area contributed by atoms with E-state index in [9.17, 15) is 4.79 Å². The highest BCUT2D eigenvalue weighted by Gasteiger charge is 2.11. The molecular weight excluding hydrogens is 294 g/mol. The minimum atomic E-state index is -0.147. The van der Waals surface area contributed by atoms with Gasteiger partial charge in [0, 0.05) is 13.1 Å². The first-order valence-electron chi connectivity index (χ1n) is 7.57. The van der Waals surface area contributed by atoms with Gasteiger partial charge in [0.1, 0.15) is 17.2 Å². The standard InChI is InChI=1S/C18H21NO4/c1-2-19(12-13-20)18(21)14-22-15-8-10-17(11-9-15)23-16-6-4-3-5-7-16/h3-11,20H,2,12-14H2,1H3. The van der Waals surface area contributed by atoms with Crippen LogP contribution in [0.25, 0.3) is 0 Å². The first-order valence-corrected chi connectivity index (χ1v) is 7.57. The number of carbonyl (C=O) groups excluding carboxylic acids is 1. The number of rotatable bonds is 8. The van der Waals surface area contributed by atoms with E-state index in [1.807, 2.05) is 37.3 Å². The number of para-hydroxylation sites is 1. The van der Waals surface area contributed by atoms with E-state index < -0.39 is 0 Å². The monoisotopic (exact) mass is 315 g/mol. The molecule has 2 aromatic rings. The minimum Gasteiger partial charge on any atom is -0.484 e. The van der Waals surface area contributed by atoms with Crippen LogP contribution >= 0.6 is 0 Å². The molecule has 0 fully saturated rings. The molecule has 0 radical (unpaired) electrons. The Bertz CT molecular complexity index is 598. The van der Waals surface area contributed by atoms with Crippen molar-refractivity contribution in [2.24, 2.45) is 0 Å². The van der Waals surface area contributed by atoms with E-state index in [0.29, 0.717) is 24.6 Å². The molecule has 0 aliphatic carbocycles. The third kappa shape index (κ3) is 5.30. The van der Waals surface area contributed by atoms with Crippen molar-refractivity contribution in [3.63, 3.8) is 0 Å². The van der Waals surface area contributed by atoms with Crippen LogP contribution in [0.5, 0.6) is 17.2 Å². The summed E-state index contributed by atoms with van der Waals surface area (Å²) in [6.07, 6.45) is 0. The Kier molecular flexibility index (Phi) is 6.44. The highest BCUT2D eigenvalue weighted by molar-refractivity contribution is 5.77. The van der Waals surface area contributed by atoms with Crippen LogP contribution in [0.1, 0.15) is 6.92 Å². The lowest BCUT2D eigenvalue weighted by Gasteiger charge is -2.19. The highest BCUT2D eigenvalue weighted by Crippen LogP contribution is 2.23. The fourth-order valence-electron chi connectivity index (χ4n) is 2.04. The molecule has 0 aliphatic rings. The van der Waals surface area contributed by atoms with Crippen LogP contribution < -0.4 is 9.47 Å². The lowest BCUT2D eigenvalue weighted by molar-refractivity contribution is -0.133. The van der Waals surface area contributed by atoms with Crippen LogP contribution in [0.2, 0.25) is 0 Å². The largest absolute Gasteiger partial charge is 0.484 e. The lowest BCUT2D eigenvalue weighted by atomic mass is 10.3. The third-order valence-corrected chi connectivity index (χ3v) is 3.27. The Hall–Kier alpha value is -2.53. The fraction of sp³-hybridized carbons (Fsp3) is 0.278. The normalized spacial score (nSPS) is 10.2. The average molecular weight is 315 g/mol. The highest BCUT2D eigenvalue weighted by atomic mass is 16.5. The number of hydrogen-bond donors (Lipinski definition) is 1. The van der Waals surface area contributed by atoms with Crippen molar-refractivity contribution in [1.29, 1.82) is 0 Å². The van der Waals surface area contributed by atoms with Gasteiger partial charge < -0.3 is 19.5 Å². The summed E-state index contributed by atoms with van der Waals surface area (Å²) in [7, 11) is 0. The second kappa shape index (κ2) is 8.80. The van der Waals surface area contributed by atoms with Gasteiger partial charge in [0.05, 0.1) is 6.61 Å². The zero-order chi connectivity index (χ0) is 16.5. The van der Waals surface area contributed by atoms with Crippen molar-refractivity contribution in [2.75, 3.05) is 26.3 Å². The number of likely N-dealkylation sites (N-methyl/N-ethyl adjacent to an activating group) is 1. The van der Waals surface area contributed by atoms with Crippen LogP contribution in [-0.4, -0.2) is 42.2 Å². The summed E-state index contributed by atoms with van der Waals surface area (Å²) in [6, 6.07) is 16.6. The number of benzene rings is 2. The minimum absolute atomic E-state index is 0.0489. The Balaban J connectivity index is 1.86. The number of hydrogen-bond acceptors (Lipinski definition) is 4. The number of carbonyl (C=O) groups is 1. The van der Waals surface area contributed by atoms with Crippen molar-refractivity contribution < 1.29 is 19.4 Å². The fourth-order valence-corrected chi connectivity index (χ4v) is 2.04. The van der Waals surface area contributed by atoms with Crippen LogP contribution in [0.15, 0.2) is 54.6 Å². The third-order valence-electron chi connectivity index (χ3n) is 3.27. The van der Waals surface area contributed by atoms with Crippen LogP contribution in [0.3, 0.4) is 0 Å². The molecule has 0 spiro atoms. The zero-order valence-corrected chi connectivity index (χ0v) is 13.1. The number of aliphatic hydroxyl groups excluding tert-OH is 1. The summed E-state index contributed by atoms with van der Waals surface area (Å²) >= 11 is 0. The lowest BCUT2D eigenvalue weighted by Crippen LogP contribution is -2.36. The first kappa shape index (κ1) is 16.8. The van der Waals surface area contributed by atoms with Gasteiger partial charge in [0.15, 0.2) is 6.61 Å². The summed E-state index contributed by atoms with van der Waals surface area (Å²) in [6.45, 7) is 2.64. The molecular formula is C18H21NO4. The molecule has 0 saturated carbocycles. The van der Waals surface area contributed by atoms with Crippen LogP contribution in [0.4, 0.5) is 0 Å². The van der Waals surface area contributed by atoms with E-state index in [-0.39, 0.29) is 19.1 Å². The number of nitrogens with zero attached hydrogens (tertiary/aromatic N) is 1. The molecule has 0 atom stereocenters. The van der Waals surface area contributed by atoms with Crippen LogP contribution in [0, 0.1) is 0 Å². The maximum absolute atomic E-state index is 11.9. The van der Waals surface area contributed by atoms with Gasteiger partial charge in [-0.1, -0.05) is 18.2 Å². The molecule has 23 heavy (non-hydrogen) atoms. The van der Waals surface area contributed by atoms with Gasteiger partial charge in [-0.3, -0.25) is 4.79 Å². The average Bonchev–Trinajstić information content (AvgIpc) is 2.59. The SMILES string of the molecule is CCN(CCO)C(=O)COc1ccc(Oc2ccccc2)cc1. The van der Waals surface area contributed by atoms with Gasteiger partial charge in [-0.05, 0) is 43.3 Å². The van der Waals surface area contributed by atoms with E-state index >= 15 is 0 Å². The summed E-state index contributed by atoms with van der Waals surface area (Å²) in [5.74, 6) is 1.91. The summed E-state index contributed by atoms with van der Waals surface area (Å²) in [5.41, 5.74) is 0. The van der Waals surface area contributed by atoms with Crippen molar-refractivity contribution in [3.8, 4) is 17.2 Å². The maximum atomic E-state index is 11.9. The topological polar surface area (TPSA) is 59.0 Å². The maximum Gasteiger partial charge on any atom is 0.260 e. The van der Waals surface area contributed by atoms with E-state index in [0.717, 1.165) is 5.75 Å². The molecule has 5 heteroatoms. The molecule has 1 amide bonds. The van der Waals surface area contributed by atoms with E-state index in [1.54, 1.807) is 29.2 Å². The Morgan fingerprint density at radius 3 is 2.22 bits per heavy atom. The molecule has 0 aromatic heterocycles. The second-order valence-corrected chi connectivity index (χ2v) is 4.87. The molecule has 0 aliphatic heterocycles. The molecule has 1 N–H and O–H groups in total. The van der Waals surface area contributed by atoms with Gasteiger partial charge in [-0.25, -0.2) is 0 Å². The Labute approximate surface area is 136 Å². The quantitative estimate of drug-likeness (QED) is 0.814. The number of ether oxygens (including phenoxy) is 2. The number of aliphatic hydroxyl groups is 1. The zero-order valence-electron chi connectivity index (χ0n) is 13.1. The van der Waals surface area contributed by atoms with Gasteiger partial charge >= 0.3 is 0 Å². The number of amides is 1. The van der Waals surface area contributed by atoms with Crippen molar-refractivity contribution in [2.45, 2.75) is 6.92 Å². The molecule has 122 valence electrons. The molecule has 0 bridgehead atoms. The van der Waals surface area contributed by atoms with Crippen molar-refractivity contribution in [3.05, 3.63) is 54.6 Å². The van der Waals surface area contributed by atoms with Crippen molar-refractivity contribution in [1.82, 2.24) is 4.90 Å². The molecule has 2 rings (SSSR count). The molecule has 2 aromatic carbocycles. The molecule has 5 nitrogen and oxygen atoms in total.